The molecular weight excluding hydrogens is 475 g/mol. The van der Waals surface area contributed by atoms with Crippen molar-refractivity contribution in [3.05, 3.63) is 65.2 Å². The van der Waals surface area contributed by atoms with Crippen LogP contribution in [0, 0.1) is 6.92 Å². The number of halogens is 1. The molecule has 2 aromatic rings. The molecule has 6 heteroatoms. The molecule has 1 saturated heterocycles. The predicted octanol–water partition coefficient (Wildman–Crippen LogP) is 3.96. The van der Waals surface area contributed by atoms with Crippen LogP contribution >= 0.6 is 24.0 Å². The molecule has 0 radical (unpaired) electrons. The molecule has 4 rings (SSSR count). The predicted molar refractivity (Wildman–Crippen MR) is 129 cm³/mol. The van der Waals surface area contributed by atoms with Crippen LogP contribution in [0.5, 0.6) is 0 Å². The molecular formula is C23H29IN4O. The Morgan fingerprint density at radius 2 is 1.93 bits per heavy atom. The van der Waals surface area contributed by atoms with Gasteiger partial charge in [0.2, 0.25) is 5.91 Å². The number of rotatable bonds is 5. The molecule has 154 valence electrons. The number of nitrogens with zero attached hydrogens (tertiary/aromatic N) is 2. The zero-order valence-electron chi connectivity index (χ0n) is 17.0. The highest BCUT2D eigenvalue weighted by molar-refractivity contribution is 14.0. The van der Waals surface area contributed by atoms with E-state index in [0.29, 0.717) is 24.9 Å². The van der Waals surface area contributed by atoms with E-state index in [1.165, 1.54) is 16.7 Å². The molecule has 5 nitrogen and oxygen atoms in total. The summed E-state index contributed by atoms with van der Waals surface area (Å²) in [4.78, 5) is 18.1. The lowest BCUT2D eigenvalue weighted by Gasteiger charge is -2.16. The lowest BCUT2D eigenvalue weighted by Crippen LogP contribution is -2.38. The average molecular weight is 504 g/mol. The number of nitrogens with one attached hydrogen (secondary N) is 2. The minimum atomic E-state index is 0. The molecule has 2 unspecified atom stereocenters. The molecule has 0 aromatic heterocycles. The molecule has 0 bridgehead atoms. The third kappa shape index (κ3) is 5.10. The molecule has 1 amide bonds. The van der Waals surface area contributed by atoms with Gasteiger partial charge in [0.05, 0.1) is 0 Å². The van der Waals surface area contributed by atoms with Crippen molar-refractivity contribution in [2.75, 3.05) is 18.5 Å². The van der Waals surface area contributed by atoms with Crippen molar-refractivity contribution in [1.82, 2.24) is 10.6 Å². The topological polar surface area (TPSA) is 56.7 Å². The molecule has 1 aliphatic heterocycles. The molecule has 1 aliphatic carbocycles. The molecule has 2 aromatic carbocycles. The maximum atomic E-state index is 11.9. The largest absolute Gasteiger partial charge is 0.353 e. The Hall–Kier alpha value is -2.09. The van der Waals surface area contributed by atoms with Crippen LogP contribution in [0.3, 0.4) is 0 Å². The van der Waals surface area contributed by atoms with E-state index >= 15 is 0 Å². The summed E-state index contributed by atoms with van der Waals surface area (Å²) in [6.07, 6.45) is 2.76. The van der Waals surface area contributed by atoms with Crippen molar-refractivity contribution in [2.24, 2.45) is 4.99 Å². The van der Waals surface area contributed by atoms with E-state index in [1.54, 1.807) is 0 Å². The summed E-state index contributed by atoms with van der Waals surface area (Å²) in [6, 6.07) is 17.3. The third-order valence-corrected chi connectivity index (χ3v) is 5.71. The smallest absolute Gasteiger partial charge is 0.227 e. The monoisotopic (exact) mass is 504 g/mol. The summed E-state index contributed by atoms with van der Waals surface area (Å²) in [5.74, 6) is 1.63. The fraction of sp³-hybridized carbons (Fsp3) is 0.391. The van der Waals surface area contributed by atoms with Gasteiger partial charge in [0.25, 0.3) is 0 Å². The van der Waals surface area contributed by atoms with Crippen molar-refractivity contribution in [3.63, 3.8) is 0 Å². The van der Waals surface area contributed by atoms with Crippen LogP contribution in [0.1, 0.15) is 41.9 Å². The fourth-order valence-corrected chi connectivity index (χ4v) is 3.97. The van der Waals surface area contributed by atoms with E-state index in [4.69, 9.17) is 0 Å². The number of benzene rings is 2. The van der Waals surface area contributed by atoms with Crippen LogP contribution in [-0.2, 0) is 11.3 Å². The second kappa shape index (κ2) is 9.61. The van der Waals surface area contributed by atoms with Gasteiger partial charge >= 0.3 is 0 Å². The number of carbonyl (C=O) groups excluding carboxylic acids is 1. The minimum absolute atomic E-state index is 0. The van der Waals surface area contributed by atoms with Crippen LogP contribution in [0.15, 0.2) is 53.5 Å². The van der Waals surface area contributed by atoms with Gasteiger partial charge < -0.3 is 15.5 Å². The van der Waals surface area contributed by atoms with E-state index in [2.05, 4.69) is 58.9 Å². The summed E-state index contributed by atoms with van der Waals surface area (Å²) in [7, 11) is 1.81. The van der Waals surface area contributed by atoms with Gasteiger partial charge in [-0.1, -0.05) is 36.4 Å². The van der Waals surface area contributed by atoms with Crippen LogP contribution in [0.25, 0.3) is 0 Å². The lowest BCUT2D eigenvalue weighted by molar-refractivity contribution is -0.117. The van der Waals surface area contributed by atoms with Gasteiger partial charge in [-0.05, 0) is 48.6 Å². The molecule has 0 spiro atoms. The number of anilines is 1. The van der Waals surface area contributed by atoms with E-state index < -0.39 is 0 Å². The molecule has 2 N–H and O–H groups in total. The number of aliphatic imine (C=N–C) groups is 1. The Morgan fingerprint density at radius 3 is 2.59 bits per heavy atom. The Labute approximate surface area is 190 Å². The van der Waals surface area contributed by atoms with Gasteiger partial charge in [-0.2, -0.15) is 0 Å². The quantitative estimate of drug-likeness (QED) is 0.368. The first-order chi connectivity index (χ1) is 13.7. The normalized spacial score (nSPS) is 21.0. The number of amides is 1. The van der Waals surface area contributed by atoms with E-state index in [0.717, 1.165) is 31.0 Å². The van der Waals surface area contributed by atoms with E-state index in [9.17, 15) is 4.79 Å². The average Bonchev–Trinajstić information content (AvgIpc) is 3.34. The number of aryl methyl sites for hydroxylation is 1. The Kier molecular flexibility index (Phi) is 7.16. The molecule has 2 aliphatic rings. The number of carbonyl (C=O) groups is 1. The molecule has 2 atom stereocenters. The van der Waals surface area contributed by atoms with Crippen molar-refractivity contribution in [3.8, 4) is 0 Å². The molecule has 1 saturated carbocycles. The van der Waals surface area contributed by atoms with Crippen LogP contribution < -0.4 is 15.5 Å². The standard InChI is InChI=1S/C23H28N4O.HI/c1-16-6-3-4-7-19(16)20-14-21(20)26-23(24-2)25-15-17-9-11-18(12-10-17)27-13-5-8-22(27)28;/h3-4,6-7,9-12,20-21H,5,8,13-15H2,1-2H3,(H2,24,25,26);1H. The fourth-order valence-electron chi connectivity index (χ4n) is 3.97. The molecule has 1 heterocycles. The van der Waals surface area contributed by atoms with E-state index in [1.807, 2.05) is 24.1 Å². The summed E-state index contributed by atoms with van der Waals surface area (Å²) < 4.78 is 0. The van der Waals surface area contributed by atoms with Crippen LogP contribution in [0.4, 0.5) is 5.69 Å². The Bertz CT molecular complexity index is 881. The van der Waals surface area contributed by atoms with Crippen LogP contribution in [0.2, 0.25) is 0 Å². The summed E-state index contributed by atoms with van der Waals surface area (Å²) >= 11 is 0. The van der Waals surface area contributed by atoms with Crippen molar-refractivity contribution < 1.29 is 4.79 Å². The maximum absolute atomic E-state index is 11.9. The van der Waals surface area contributed by atoms with Gasteiger partial charge in [-0.25, -0.2) is 0 Å². The number of hydrogen-bond donors (Lipinski definition) is 2. The SMILES string of the molecule is CN=C(NCc1ccc(N2CCCC2=O)cc1)NC1CC1c1ccccc1C.I. The third-order valence-electron chi connectivity index (χ3n) is 5.71. The van der Waals surface area contributed by atoms with Gasteiger partial charge in [-0.3, -0.25) is 9.79 Å². The zero-order valence-corrected chi connectivity index (χ0v) is 19.4. The second-order valence-corrected chi connectivity index (χ2v) is 7.69. The second-order valence-electron chi connectivity index (χ2n) is 7.69. The minimum Gasteiger partial charge on any atom is -0.353 e. The summed E-state index contributed by atoms with van der Waals surface area (Å²) in [5.41, 5.74) is 4.95. The van der Waals surface area contributed by atoms with Gasteiger partial charge in [0, 0.05) is 44.2 Å². The molecule has 29 heavy (non-hydrogen) atoms. The number of guanidine groups is 1. The Morgan fingerprint density at radius 1 is 1.17 bits per heavy atom. The van der Waals surface area contributed by atoms with Crippen molar-refractivity contribution in [2.45, 2.75) is 44.7 Å². The van der Waals surface area contributed by atoms with Gasteiger partial charge in [0.1, 0.15) is 0 Å². The highest BCUT2D eigenvalue weighted by Gasteiger charge is 2.39. The lowest BCUT2D eigenvalue weighted by atomic mass is 10.0. The van der Waals surface area contributed by atoms with Crippen molar-refractivity contribution >= 4 is 41.5 Å². The first kappa shape index (κ1) is 21.6. The first-order valence-corrected chi connectivity index (χ1v) is 10.1. The van der Waals surface area contributed by atoms with Crippen LogP contribution in [-0.4, -0.2) is 31.5 Å². The first-order valence-electron chi connectivity index (χ1n) is 10.1. The van der Waals surface area contributed by atoms with Gasteiger partial charge in [-0.15, -0.1) is 24.0 Å². The van der Waals surface area contributed by atoms with Crippen molar-refractivity contribution in [1.29, 1.82) is 0 Å². The van der Waals surface area contributed by atoms with E-state index in [-0.39, 0.29) is 29.9 Å². The number of hydrogen-bond acceptors (Lipinski definition) is 2. The maximum Gasteiger partial charge on any atom is 0.227 e. The zero-order chi connectivity index (χ0) is 19.5. The molecule has 2 fully saturated rings. The Balaban J connectivity index is 0.00000240. The highest BCUT2D eigenvalue weighted by atomic mass is 127. The highest BCUT2D eigenvalue weighted by Crippen LogP contribution is 2.42. The summed E-state index contributed by atoms with van der Waals surface area (Å²) in [6.45, 7) is 3.71. The summed E-state index contributed by atoms with van der Waals surface area (Å²) in [5, 5.41) is 6.93. The van der Waals surface area contributed by atoms with Gasteiger partial charge in [0.15, 0.2) is 5.96 Å².